The molecule has 0 bridgehead atoms. The van der Waals surface area contributed by atoms with Crippen LogP contribution in [0.25, 0.3) is 16.8 Å². The Bertz CT molecular complexity index is 696. The number of anilines is 1. The summed E-state index contributed by atoms with van der Waals surface area (Å²) in [5, 5.41) is 4.39. The molecule has 19 heavy (non-hydrogen) atoms. The van der Waals surface area contributed by atoms with Crippen molar-refractivity contribution in [3.8, 4) is 16.8 Å². The first-order valence-electron chi connectivity index (χ1n) is 6.20. The summed E-state index contributed by atoms with van der Waals surface area (Å²) in [6.07, 6.45) is 3.88. The van der Waals surface area contributed by atoms with Gasteiger partial charge in [-0.2, -0.15) is 5.10 Å². The summed E-state index contributed by atoms with van der Waals surface area (Å²) in [6.45, 7) is 2.08. The molecule has 3 aromatic rings. The fraction of sp³-hybridized carbons (Fsp3) is 0.0625. The molecule has 0 saturated heterocycles. The molecule has 94 valence electrons. The van der Waals surface area contributed by atoms with E-state index < -0.39 is 0 Å². The molecule has 2 aromatic carbocycles. The van der Waals surface area contributed by atoms with E-state index in [0.717, 1.165) is 16.9 Å². The van der Waals surface area contributed by atoms with Crippen LogP contribution in [0.1, 0.15) is 5.56 Å². The van der Waals surface area contributed by atoms with E-state index in [1.165, 1.54) is 11.1 Å². The van der Waals surface area contributed by atoms with Gasteiger partial charge in [0.05, 0.1) is 11.9 Å². The zero-order chi connectivity index (χ0) is 13.2. The quantitative estimate of drug-likeness (QED) is 0.707. The Hall–Kier alpha value is -2.55. The van der Waals surface area contributed by atoms with Gasteiger partial charge in [-0.15, -0.1) is 0 Å². The monoisotopic (exact) mass is 249 g/mol. The van der Waals surface area contributed by atoms with E-state index in [0.29, 0.717) is 0 Å². The van der Waals surface area contributed by atoms with E-state index in [-0.39, 0.29) is 0 Å². The van der Waals surface area contributed by atoms with Gasteiger partial charge in [0.15, 0.2) is 0 Å². The molecule has 0 fully saturated rings. The average Bonchev–Trinajstić information content (AvgIpc) is 2.89. The van der Waals surface area contributed by atoms with E-state index in [4.69, 9.17) is 5.73 Å². The number of hydrogen-bond donors (Lipinski definition) is 1. The van der Waals surface area contributed by atoms with Crippen LogP contribution in [0.3, 0.4) is 0 Å². The summed E-state index contributed by atoms with van der Waals surface area (Å²) in [6, 6.07) is 16.1. The minimum Gasteiger partial charge on any atom is -0.399 e. The number of nitrogen functional groups attached to an aromatic ring is 1. The highest BCUT2D eigenvalue weighted by Gasteiger charge is 2.03. The van der Waals surface area contributed by atoms with Crippen LogP contribution in [-0.4, -0.2) is 9.78 Å². The summed E-state index contributed by atoms with van der Waals surface area (Å²) < 4.78 is 1.84. The Labute approximate surface area is 112 Å². The SMILES string of the molecule is Cc1ccc(-c2cnn(-c3cccc(N)c3)c2)cc1. The highest BCUT2D eigenvalue weighted by atomic mass is 15.3. The Morgan fingerprint density at radius 2 is 1.79 bits per heavy atom. The third kappa shape index (κ3) is 2.36. The highest BCUT2D eigenvalue weighted by Crippen LogP contribution is 2.21. The Kier molecular flexibility index (Phi) is 2.80. The number of benzene rings is 2. The molecule has 3 nitrogen and oxygen atoms in total. The number of aromatic nitrogens is 2. The Morgan fingerprint density at radius 3 is 2.53 bits per heavy atom. The number of rotatable bonds is 2. The van der Waals surface area contributed by atoms with Crippen LogP contribution in [0.5, 0.6) is 0 Å². The molecular formula is C16H15N3. The van der Waals surface area contributed by atoms with Crippen molar-refractivity contribution in [3.63, 3.8) is 0 Å². The lowest BCUT2D eigenvalue weighted by atomic mass is 10.1. The second-order valence-electron chi connectivity index (χ2n) is 4.63. The van der Waals surface area contributed by atoms with E-state index in [9.17, 15) is 0 Å². The first kappa shape index (κ1) is 11.5. The lowest BCUT2D eigenvalue weighted by molar-refractivity contribution is 0.881. The molecule has 0 aliphatic rings. The molecule has 3 rings (SSSR count). The normalized spacial score (nSPS) is 10.6. The van der Waals surface area contributed by atoms with Gasteiger partial charge in [-0.05, 0) is 30.7 Å². The molecule has 1 aromatic heterocycles. The van der Waals surface area contributed by atoms with Crippen molar-refractivity contribution in [2.75, 3.05) is 5.73 Å². The Morgan fingerprint density at radius 1 is 1.00 bits per heavy atom. The number of nitrogens with zero attached hydrogens (tertiary/aromatic N) is 2. The predicted octanol–water partition coefficient (Wildman–Crippen LogP) is 3.43. The van der Waals surface area contributed by atoms with Crippen LogP contribution >= 0.6 is 0 Å². The summed E-state index contributed by atoms with van der Waals surface area (Å²) in [7, 11) is 0. The van der Waals surface area contributed by atoms with Gasteiger partial charge >= 0.3 is 0 Å². The van der Waals surface area contributed by atoms with Crippen LogP contribution in [0.2, 0.25) is 0 Å². The fourth-order valence-electron chi connectivity index (χ4n) is 2.03. The summed E-state index contributed by atoms with van der Waals surface area (Å²) in [5.41, 5.74) is 11.0. The smallest absolute Gasteiger partial charge is 0.0666 e. The van der Waals surface area contributed by atoms with Crippen molar-refractivity contribution in [1.29, 1.82) is 0 Å². The van der Waals surface area contributed by atoms with E-state index in [1.54, 1.807) is 0 Å². The minimum absolute atomic E-state index is 0.741. The second kappa shape index (κ2) is 4.61. The van der Waals surface area contributed by atoms with Crippen LogP contribution < -0.4 is 5.73 Å². The number of nitrogens with two attached hydrogens (primary N) is 1. The van der Waals surface area contributed by atoms with Crippen molar-refractivity contribution in [1.82, 2.24) is 9.78 Å². The maximum Gasteiger partial charge on any atom is 0.0666 e. The molecule has 0 unspecified atom stereocenters. The molecule has 1 heterocycles. The lowest BCUT2D eigenvalue weighted by Crippen LogP contribution is -1.95. The summed E-state index contributed by atoms with van der Waals surface area (Å²) in [5.74, 6) is 0. The molecule has 0 aliphatic heterocycles. The molecule has 0 radical (unpaired) electrons. The zero-order valence-electron chi connectivity index (χ0n) is 10.7. The average molecular weight is 249 g/mol. The van der Waals surface area contributed by atoms with Gasteiger partial charge < -0.3 is 5.73 Å². The standard InChI is InChI=1S/C16H15N3/c1-12-5-7-13(8-6-12)14-10-18-19(11-14)16-4-2-3-15(17)9-16/h2-11H,17H2,1H3. The van der Waals surface area contributed by atoms with Crippen molar-refractivity contribution < 1.29 is 0 Å². The van der Waals surface area contributed by atoms with Crippen molar-refractivity contribution >= 4 is 5.69 Å². The first-order chi connectivity index (χ1) is 9.22. The summed E-state index contributed by atoms with van der Waals surface area (Å²) >= 11 is 0. The van der Waals surface area contributed by atoms with Gasteiger partial charge in [0.1, 0.15) is 0 Å². The van der Waals surface area contributed by atoms with E-state index in [2.05, 4.69) is 36.3 Å². The molecule has 0 aliphatic carbocycles. The van der Waals surface area contributed by atoms with Gasteiger partial charge in [0.2, 0.25) is 0 Å². The van der Waals surface area contributed by atoms with Crippen molar-refractivity contribution in [2.45, 2.75) is 6.92 Å². The number of aryl methyl sites for hydroxylation is 1. The first-order valence-corrected chi connectivity index (χ1v) is 6.20. The zero-order valence-corrected chi connectivity index (χ0v) is 10.7. The molecule has 0 amide bonds. The fourth-order valence-corrected chi connectivity index (χ4v) is 2.03. The third-order valence-electron chi connectivity index (χ3n) is 3.10. The van der Waals surface area contributed by atoms with Gasteiger partial charge in [-0.25, -0.2) is 4.68 Å². The molecule has 0 spiro atoms. The van der Waals surface area contributed by atoms with Gasteiger partial charge in [-0.3, -0.25) is 0 Å². The summed E-state index contributed by atoms with van der Waals surface area (Å²) in [4.78, 5) is 0. The molecular weight excluding hydrogens is 234 g/mol. The van der Waals surface area contributed by atoms with Gasteiger partial charge in [-0.1, -0.05) is 35.9 Å². The number of hydrogen-bond acceptors (Lipinski definition) is 2. The predicted molar refractivity (Wildman–Crippen MR) is 78.1 cm³/mol. The van der Waals surface area contributed by atoms with E-state index >= 15 is 0 Å². The molecule has 3 heteroatoms. The van der Waals surface area contributed by atoms with Crippen molar-refractivity contribution in [3.05, 3.63) is 66.5 Å². The molecule has 2 N–H and O–H groups in total. The van der Waals surface area contributed by atoms with Crippen LogP contribution in [0, 0.1) is 6.92 Å². The van der Waals surface area contributed by atoms with Crippen LogP contribution in [0.4, 0.5) is 5.69 Å². The second-order valence-corrected chi connectivity index (χ2v) is 4.63. The third-order valence-corrected chi connectivity index (χ3v) is 3.10. The molecule has 0 saturated carbocycles. The van der Waals surface area contributed by atoms with Gasteiger partial charge in [0.25, 0.3) is 0 Å². The van der Waals surface area contributed by atoms with Crippen LogP contribution in [0.15, 0.2) is 60.9 Å². The molecule has 0 atom stereocenters. The van der Waals surface area contributed by atoms with Gasteiger partial charge in [0, 0.05) is 17.4 Å². The van der Waals surface area contributed by atoms with Crippen LogP contribution in [-0.2, 0) is 0 Å². The topological polar surface area (TPSA) is 43.8 Å². The van der Waals surface area contributed by atoms with Crippen molar-refractivity contribution in [2.24, 2.45) is 0 Å². The maximum atomic E-state index is 5.79. The Balaban J connectivity index is 1.97. The highest BCUT2D eigenvalue weighted by molar-refractivity contribution is 5.62. The lowest BCUT2D eigenvalue weighted by Gasteiger charge is -2.02. The largest absolute Gasteiger partial charge is 0.399 e. The van der Waals surface area contributed by atoms with E-state index in [1.807, 2.05) is 41.3 Å². The minimum atomic E-state index is 0.741. The maximum absolute atomic E-state index is 5.79.